The molecule has 1 heterocycles. The highest BCUT2D eigenvalue weighted by Gasteiger charge is 2.22. The molecule has 2 aromatic rings. The molecular formula is C23H26ClFN2O3. The minimum Gasteiger partial charge on any atom is -0.484 e. The van der Waals surface area contributed by atoms with Crippen LogP contribution in [-0.4, -0.2) is 54.4 Å². The first kappa shape index (κ1) is 22.1. The third-order valence-electron chi connectivity index (χ3n) is 5.24. The SMILES string of the molecule is Cc1cc(OCC(=O)N2CCCN(C(=O)Cc3ccc(F)cc3)CC2)cc(C)c1Cl. The molecule has 1 aliphatic heterocycles. The van der Waals surface area contributed by atoms with Crippen LogP contribution >= 0.6 is 11.6 Å². The second-order valence-electron chi connectivity index (χ2n) is 7.58. The standard InChI is InChI=1S/C23H26ClFN2O3/c1-16-12-20(13-17(2)23(16)24)30-15-22(29)27-9-3-8-26(10-11-27)21(28)14-18-4-6-19(25)7-5-18/h4-7,12-13H,3,8-11,14-15H2,1-2H3. The van der Waals surface area contributed by atoms with Gasteiger partial charge in [-0.15, -0.1) is 0 Å². The van der Waals surface area contributed by atoms with Crippen LogP contribution in [0, 0.1) is 19.7 Å². The summed E-state index contributed by atoms with van der Waals surface area (Å²) in [6, 6.07) is 9.60. The van der Waals surface area contributed by atoms with Crippen LogP contribution in [0.2, 0.25) is 5.02 Å². The van der Waals surface area contributed by atoms with Crippen LogP contribution in [-0.2, 0) is 16.0 Å². The molecule has 0 unspecified atom stereocenters. The Morgan fingerprint density at radius 1 is 0.967 bits per heavy atom. The summed E-state index contributed by atoms with van der Waals surface area (Å²) >= 11 is 6.17. The summed E-state index contributed by atoms with van der Waals surface area (Å²) in [4.78, 5) is 28.7. The minimum atomic E-state index is -0.318. The molecule has 7 heteroatoms. The summed E-state index contributed by atoms with van der Waals surface area (Å²) in [6.07, 6.45) is 0.937. The normalized spacial score (nSPS) is 14.4. The maximum absolute atomic E-state index is 13.0. The number of amides is 2. The van der Waals surface area contributed by atoms with Gasteiger partial charge in [-0.2, -0.15) is 0 Å². The van der Waals surface area contributed by atoms with Crippen LogP contribution in [0.5, 0.6) is 5.75 Å². The molecule has 5 nitrogen and oxygen atoms in total. The second kappa shape index (κ2) is 9.94. The lowest BCUT2D eigenvalue weighted by Crippen LogP contribution is -2.39. The van der Waals surface area contributed by atoms with E-state index in [1.165, 1.54) is 12.1 Å². The molecule has 1 saturated heterocycles. The van der Waals surface area contributed by atoms with Gasteiger partial charge in [-0.1, -0.05) is 23.7 Å². The molecule has 0 bridgehead atoms. The van der Waals surface area contributed by atoms with E-state index in [4.69, 9.17) is 16.3 Å². The summed E-state index contributed by atoms with van der Waals surface area (Å²) < 4.78 is 18.7. The van der Waals surface area contributed by atoms with E-state index < -0.39 is 0 Å². The number of carbonyl (C=O) groups excluding carboxylic acids is 2. The first-order chi connectivity index (χ1) is 14.3. The minimum absolute atomic E-state index is 0.0146. The number of rotatable bonds is 5. The van der Waals surface area contributed by atoms with Gasteiger partial charge in [0.15, 0.2) is 6.61 Å². The van der Waals surface area contributed by atoms with Crippen LogP contribution in [0.1, 0.15) is 23.1 Å². The summed E-state index contributed by atoms with van der Waals surface area (Å²) in [6.45, 7) is 5.87. The quantitative estimate of drug-likeness (QED) is 0.722. The zero-order chi connectivity index (χ0) is 21.7. The highest BCUT2D eigenvalue weighted by Crippen LogP contribution is 2.25. The van der Waals surface area contributed by atoms with Crippen molar-refractivity contribution < 1.29 is 18.7 Å². The lowest BCUT2D eigenvalue weighted by molar-refractivity contribution is -0.134. The Labute approximate surface area is 181 Å². The molecule has 1 fully saturated rings. The highest BCUT2D eigenvalue weighted by atomic mass is 35.5. The topological polar surface area (TPSA) is 49.9 Å². The van der Waals surface area contributed by atoms with E-state index in [9.17, 15) is 14.0 Å². The van der Waals surface area contributed by atoms with Crippen LogP contribution in [0.25, 0.3) is 0 Å². The summed E-state index contributed by atoms with van der Waals surface area (Å²) in [5.74, 6) is 0.183. The third kappa shape index (κ3) is 5.72. The molecule has 3 rings (SSSR count). The van der Waals surface area contributed by atoms with Gasteiger partial charge in [-0.25, -0.2) is 4.39 Å². The molecule has 0 aromatic heterocycles. The Balaban J connectivity index is 1.51. The van der Waals surface area contributed by atoms with E-state index in [1.54, 1.807) is 21.9 Å². The first-order valence-corrected chi connectivity index (χ1v) is 10.4. The number of halogens is 2. The highest BCUT2D eigenvalue weighted by molar-refractivity contribution is 6.32. The molecule has 0 radical (unpaired) electrons. The van der Waals surface area contributed by atoms with E-state index in [1.807, 2.05) is 26.0 Å². The molecule has 0 spiro atoms. The fourth-order valence-corrected chi connectivity index (χ4v) is 3.64. The van der Waals surface area contributed by atoms with Crippen LogP contribution in [0.15, 0.2) is 36.4 Å². The van der Waals surface area contributed by atoms with E-state index in [-0.39, 0.29) is 30.7 Å². The monoisotopic (exact) mass is 432 g/mol. The van der Waals surface area contributed by atoms with E-state index in [0.717, 1.165) is 16.7 Å². The Bertz CT molecular complexity index is 894. The van der Waals surface area contributed by atoms with Crippen molar-refractivity contribution in [3.05, 3.63) is 63.9 Å². The van der Waals surface area contributed by atoms with Crippen molar-refractivity contribution in [2.24, 2.45) is 0 Å². The average molecular weight is 433 g/mol. The summed E-state index contributed by atoms with van der Waals surface area (Å²) in [5.41, 5.74) is 2.59. The zero-order valence-corrected chi connectivity index (χ0v) is 18.0. The van der Waals surface area contributed by atoms with Gasteiger partial charge in [0.2, 0.25) is 5.91 Å². The molecule has 0 aliphatic carbocycles. The number of benzene rings is 2. The van der Waals surface area contributed by atoms with E-state index in [0.29, 0.717) is 43.4 Å². The lowest BCUT2D eigenvalue weighted by atomic mass is 10.1. The number of hydrogen-bond acceptors (Lipinski definition) is 3. The lowest BCUT2D eigenvalue weighted by Gasteiger charge is -2.22. The smallest absolute Gasteiger partial charge is 0.260 e. The summed E-state index contributed by atoms with van der Waals surface area (Å²) in [7, 11) is 0. The Morgan fingerprint density at radius 2 is 1.53 bits per heavy atom. The van der Waals surface area contributed by atoms with Crippen molar-refractivity contribution in [1.29, 1.82) is 0 Å². The average Bonchev–Trinajstić information content (AvgIpc) is 2.98. The maximum atomic E-state index is 13.0. The molecule has 2 amide bonds. The zero-order valence-electron chi connectivity index (χ0n) is 17.3. The van der Waals surface area contributed by atoms with Crippen molar-refractivity contribution in [3.63, 3.8) is 0 Å². The van der Waals surface area contributed by atoms with Gasteiger partial charge in [0.25, 0.3) is 5.91 Å². The number of ether oxygens (including phenoxy) is 1. The number of carbonyl (C=O) groups is 2. The molecular weight excluding hydrogens is 407 g/mol. The molecule has 1 aliphatic rings. The first-order valence-electron chi connectivity index (χ1n) is 10.0. The fraction of sp³-hybridized carbons (Fsp3) is 0.391. The van der Waals surface area contributed by atoms with Gasteiger partial charge >= 0.3 is 0 Å². The summed E-state index contributed by atoms with van der Waals surface area (Å²) in [5, 5.41) is 0.701. The Kier molecular flexibility index (Phi) is 7.32. The van der Waals surface area contributed by atoms with Gasteiger partial charge in [0.1, 0.15) is 11.6 Å². The molecule has 0 saturated carbocycles. The fourth-order valence-electron chi connectivity index (χ4n) is 3.53. The predicted molar refractivity (Wildman–Crippen MR) is 114 cm³/mol. The Hall–Kier alpha value is -2.60. The maximum Gasteiger partial charge on any atom is 0.260 e. The van der Waals surface area contributed by atoms with E-state index >= 15 is 0 Å². The molecule has 0 atom stereocenters. The molecule has 160 valence electrons. The van der Waals surface area contributed by atoms with Gasteiger partial charge < -0.3 is 14.5 Å². The van der Waals surface area contributed by atoms with E-state index in [2.05, 4.69) is 0 Å². The number of aryl methyl sites for hydroxylation is 2. The van der Waals surface area contributed by atoms with Crippen LogP contribution in [0.4, 0.5) is 4.39 Å². The number of nitrogens with zero attached hydrogens (tertiary/aromatic N) is 2. The van der Waals surface area contributed by atoms with Gasteiger partial charge in [-0.05, 0) is 61.2 Å². The molecule has 30 heavy (non-hydrogen) atoms. The van der Waals surface area contributed by atoms with Crippen molar-refractivity contribution in [1.82, 2.24) is 9.80 Å². The van der Waals surface area contributed by atoms with Crippen LogP contribution < -0.4 is 4.74 Å². The van der Waals surface area contributed by atoms with Crippen molar-refractivity contribution >= 4 is 23.4 Å². The predicted octanol–water partition coefficient (Wildman–Crippen LogP) is 3.78. The van der Waals surface area contributed by atoms with Crippen molar-refractivity contribution in [3.8, 4) is 5.75 Å². The molecule has 2 aromatic carbocycles. The second-order valence-corrected chi connectivity index (χ2v) is 7.96. The Morgan fingerprint density at radius 3 is 2.13 bits per heavy atom. The van der Waals surface area contributed by atoms with Crippen molar-refractivity contribution in [2.45, 2.75) is 26.7 Å². The molecule has 0 N–H and O–H groups in total. The largest absolute Gasteiger partial charge is 0.484 e. The van der Waals surface area contributed by atoms with Crippen LogP contribution in [0.3, 0.4) is 0 Å². The van der Waals surface area contributed by atoms with Gasteiger partial charge in [-0.3, -0.25) is 9.59 Å². The van der Waals surface area contributed by atoms with Gasteiger partial charge in [0, 0.05) is 31.2 Å². The van der Waals surface area contributed by atoms with Crippen molar-refractivity contribution in [2.75, 3.05) is 32.8 Å². The number of hydrogen-bond donors (Lipinski definition) is 0. The van der Waals surface area contributed by atoms with Gasteiger partial charge in [0.05, 0.1) is 6.42 Å². The third-order valence-corrected chi connectivity index (χ3v) is 5.84.